The Morgan fingerprint density at radius 3 is 3.00 bits per heavy atom. The van der Waals surface area contributed by atoms with Crippen LogP contribution in [0.2, 0.25) is 0 Å². The van der Waals surface area contributed by atoms with Crippen LogP contribution in [0, 0.1) is 0 Å². The van der Waals surface area contributed by atoms with Crippen molar-refractivity contribution < 1.29 is 5.11 Å². The summed E-state index contributed by atoms with van der Waals surface area (Å²) >= 11 is 0. The van der Waals surface area contributed by atoms with E-state index in [0.29, 0.717) is 11.7 Å². The summed E-state index contributed by atoms with van der Waals surface area (Å²) in [6.45, 7) is 2.83. The molecule has 1 saturated carbocycles. The molecule has 1 unspecified atom stereocenters. The lowest BCUT2D eigenvalue weighted by atomic mass is 9.88. The average molecular weight is 232 g/mol. The Balaban J connectivity index is 1.72. The lowest BCUT2D eigenvalue weighted by Crippen LogP contribution is -2.41. The van der Waals surface area contributed by atoms with Gasteiger partial charge >= 0.3 is 0 Å². The molecule has 0 spiro atoms. The molecule has 1 aromatic carbocycles. The first-order valence-electron chi connectivity index (χ1n) is 6.59. The zero-order chi connectivity index (χ0) is 11.7. The van der Waals surface area contributed by atoms with Crippen LogP contribution in [0.1, 0.15) is 36.3 Å². The van der Waals surface area contributed by atoms with E-state index in [0.717, 1.165) is 31.2 Å². The van der Waals surface area contributed by atoms with Crippen molar-refractivity contribution in [1.29, 1.82) is 0 Å². The molecule has 3 heteroatoms. The summed E-state index contributed by atoms with van der Waals surface area (Å²) in [7, 11) is 0. The van der Waals surface area contributed by atoms with E-state index in [1.165, 1.54) is 24.8 Å². The first-order chi connectivity index (χ1) is 8.34. The summed E-state index contributed by atoms with van der Waals surface area (Å²) in [5, 5.41) is 16.9. The Kier molecular flexibility index (Phi) is 3.04. The molecule has 0 amide bonds. The van der Waals surface area contributed by atoms with Gasteiger partial charge in [0.05, 0.1) is 0 Å². The molecule has 0 radical (unpaired) electrons. The van der Waals surface area contributed by atoms with Gasteiger partial charge in [0.15, 0.2) is 0 Å². The van der Waals surface area contributed by atoms with E-state index in [2.05, 4.69) is 16.7 Å². The van der Waals surface area contributed by atoms with Gasteiger partial charge in [-0.15, -0.1) is 0 Å². The predicted molar refractivity (Wildman–Crippen MR) is 68.2 cm³/mol. The van der Waals surface area contributed by atoms with Gasteiger partial charge in [0.2, 0.25) is 0 Å². The van der Waals surface area contributed by atoms with E-state index in [-0.39, 0.29) is 0 Å². The highest BCUT2D eigenvalue weighted by molar-refractivity contribution is 5.42. The molecule has 1 aromatic rings. The Morgan fingerprint density at radius 1 is 1.35 bits per heavy atom. The van der Waals surface area contributed by atoms with Crippen LogP contribution in [0.4, 0.5) is 0 Å². The van der Waals surface area contributed by atoms with Crippen LogP contribution in [0.25, 0.3) is 0 Å². The van der Waals surface area contributed by atoms with E-state index >= 15 is 0 Å². The van der Waals surface area contributed by atoms with E-state index in [9.17, 15) is 5.11 Å². The Bertz CT molecular complexity index is 401. The first-order valence-corrected chi connectivity index (χ1v) is 6.59. The number of hydrogen-bond donors (Lipinski definition) is 3. The van der Waals surface area contributed by atoms with Gasteiger partial charge in [-0.25, -0.2) is 0 Å². The number of fused-ring (bicyclic) bond motifs is 1. The molecule has 3 nitrogen and oxygen atoms in total. The molecule has 0 saturated heterocycles. The highest BCUT2D eigenvalue weighted by atomic mass is 16.3. The van der Waals surface area contributed by atoms with E-state index < -0.39 is 0 Å². The summed E-state index contributed by atoms with van der Waals surface area (Å²) in [6.07, 6.45) is 4.03. The van der Waals surface area contributed by atoms with Crippen molar-refractivity contribution in [2.75, 3.05) is 13.1 Å². The maximum atomic E-state index is 9.85. The summed E-state index contributed by atoms with van der Waals surface area (Å²) < 4.78 is 0. The van der Waals surface area contributed by atoms with Crippen molar-refractivity contribution in [3.8, 4) is 5.75 Å². The average Bonchev–Trinajstić information content (AvgIpc) is 2.28. The quantitative estimate of drug-likeness (QED) is 0.743. The molecular weight excluding hydrogens is 212 g/mol. The van der Waals surface area contributed by atoms with Crippen LogP contribution in [-0.2, 0) is 6.54 Å². The fourth-order valence-electron chi connectivity index (χ4n) is 2.75. The van der Waals surface area contributed by atoms with Crippen LogP contribution < -0.4 is 10.6 Å². The second kappa shape index (κ2) is 4.67. The van der Waals surface area contributed by atoms with E-state index in [1.54, 1.807) is 6.07 Å². The van der Waals surface area contributed by atoms with Crippen LogP contribution in [0.5, 0.6) is 5.75 Å². The van der Waals surface area contributed by atoms with Crippen LogP contribution >= 0.6 is 0 Å². The number of rotatable bonds is 3. The standard InChI is InChI=1S/C14H20N2O/c17-14-6-2-5-12-10(7-15-9-13(12)14)8-16-11-3-1-4-11/h2,5-6,10-11,15-17H,1,3-4,7-9H2. The molecule has 1 aliphatic carbocycles. The monoisotopic (exact) mass is 232 g/mol. The molecule has 3 N–H and O–H groups in total. The molecular formula is C14H20N2O. The number of benzene rings is 1. The van der Waals surface area contributed by atoms with Gasteiger partial charge < -0.3 is 15.7 Å². The zero-order valence-electron chi connectivity index (χ0n) is 10.1. The highest BCUT2D eigenvalue weighted by Crippen LogP contribution is 2.30. The summed E-state index contributed by atoms with van der Waals surface area (Å²) in [4.78, 5) is 0. The molecule has 0 aromatic heterocycles. The SMILES string of the molecule is Oc1cccc2c1CNCC2CNC1CCC1. The summed E-state index contributed by atoms with van der Waals surface area (Å²) in [6, 6.07) is 6.62. The number of phenolic OH excluding ortho intramolecular Hbond substituents is 1. The topological polar surface area (TPSA) is 44.3 Å². The first kappa shape index (κ1) is 11.1. The third kappa shape index (κ3) is 2.17. The lowest BCUT2D eigenvalue weighted by molar-refractivity contribution is 0.326. The number of phenols is 1. The molecule has 92 valence electrons. The van der Waals surface area contributed by atoms with Gasteiger partial charge in [0, 0.05) is 37.2 Å². The molecule has 1 fully saturated rings. The minimum absolute atomic E-state index is 0.434. The minimum Gasteiger partial charge on any atom is -0.508 e. The van der Waals surface area contributed by atoms with Gasteiger partial charge in [0.1, 0.15) is 5.75 Å². The van der Waals surface area contributed by atoms with E-state index in [1.807, 2.05) is 6.07 Å². The fraction of sp³-hybridized carbons (Fsp3) is 0.571. The second-order valence-electron chi connectivity index (χ2n) is 5.21. The smallest absolute Gasteiger partial charge is 0.120 e. The van der Waals surface area contributed by atoms with Crippen LogP contribution in [0.3, 0.4) is 0 Å². The summed E-state index contributed by atoms with van der Waals surface area (Å²) in [5.74, 6) is 0.926. The van der Waals surface area contributed by atoms with Crippen molar-refractivity contribution >= 4 is 0 Å². The van der Waals surface area contributed by atoms with Gasteiger partial charge in [-0.05, 0) is 24.5 Å². The largest absolute Gasteiger partial charge is 0.508 e. The highest BCUT2D eigenvalue weighted by Gasteiger charge is 2.24. The summed E-state index contributed by atoms with van der Waals surface area (Å²) in [5.41, 5.74) is 2.40. The van der Waals surface area contributed by atoms with Crippen molar-refractivity contribution in [2.24, 2.45) is 0 Å². The Labute approximate surface area is 102 Å². The maximum Gasteiger partial charge on any atom is 0.120 e. The van der Waals surface area contributed by atoms with Gasteiger partial charge in [-0.1, -0.05) is 18.6 Å². The van der Waals surface area contributed by atoms with E-state index in [4.69, 9.17) is 0 Å². The van der Waals surface area contributed by atoms with Crippen LogP contribution in [0.15, 0.2) is 18.2 Å². The van der Waals surface area contributed by atoms with Gasteiger partial charge in [-0.3, -0.25) is 0 Å². The Morgan fingerprint density at radius 2 is 2.24 bits per heavy atom. The molecule has 1 heterocycles. The molecule has 2 aliphatic rings. The fourth-order valence-corrected chi connectivity index (χ4v) is 2.75. The number of nitrogens with one attached hydrogen (secondary N) is 2. The molecule has 1 aliphatic heterocycles. The molecule has 3 rings (SSSR count). The van der Waals surface area contributed by atoms with Crippen molar-refractivity contribution in [1.82, 2.24) is 10.6 Å². The van der Waals surface area contributed by atoms with Crippen LogP contribution in [-0.4, -0.2) is 24.2 Å². The van der Waals surface area contributed by atoms with Gasteiger partial charge in [0.25, 0.3) is 0 Å². The maximum absolute atomic E-state index is 9.85. The lowest BCUT2D eigenvalue weighted by Gasteiger charge is -2.32. The number of aromatic hydroxyl groups is 1. The normalized spacial score (nSPS) is 24.1. The van der Waals surface area contributed by atoms with Gasteiger partial charge in [-0.2, -0.15) is 0 Å². The zero-order valence-corrected chi connectivity index (χ0v) is 10.1. The predicted octanol–water partition coefficient (Wildman–Crippen LogP) is 1.72. The van der Waals surface area contributed by atoms with Crippen molar-refractivity contribution in [2.45, 2.75) is 37.8 Å². The second-order valence-corrected chi connectivity index (χ2v) is 5.21. The number of hydrogen-bond acceptors (Lipinski definition) is 3. The Hall–Kier alpha value is -1.06. The third-order valence-electron chi connectivity index (χ3n) is 4.08. The third-order valence-corrected chi connectivity index (χ3v) is 4.08. The molecule has 0 bridgehead atoms. The van der Waals surface area contributed by atoms with Crippen molar-refractivity contribution in [3.63, 3.8) is 0 Å². The minimum atomic E-state index is 0.434. The van der Waals surface area contributed by atoms with Crippen molar-refractivity contribution in [3.05, 3.63) is 29.3 Å². The molecule has 1 atom stereocenters. The molecule has 17 heavy (non-hydrogen) atoms.